The van der Waals surface area contributed by atoms with Crippen molar-refractivity contribution in [3.8, 4) is 0 Å². The molecule has 1 saturated heterocycles. The number of piperidine rings is 1. The van der Waals surface area contributed by atoms with Gasteiger partial charge in [-0.1, -0.05) is 87.4 Å². The molecule has 0 radical (unpaired) electrons. The summed E-state index contributed by atoms with van der Waals surface area (Å²) in [4.78, 5) is 49.7. The van der Waals surface area contributed by atoms with Crippen molar-refractivity contribution in [3.05, 3.63) is 36.0 Å². The van der Waals surface area contributed by atoms with E-state index in [2.05, 4.69) is 50.2 Å². The molecule has 4 rings (SSSR count). The van der Waals surface area contributed by atoms with Gasteiger partial charge in [-0.3, -0.25) is 14.4 Å². The molecule has 3 N–H and O–H groups in total. The van der Waals surface area contributed by atoms with Crippen LogP contribution in [0.15, 0.2) is 30.3 Å². The molecule has 2 aromatic rings. The first-order valence-corrected chi connectivity index (χ1v) is 14.0. The Hall–Kier alpha value is -3.16. The number of aromatic amines is 1. The number of H-pyrrole nitrogens is 1. The number of fused-ring (bicyclic) bond motifs is 2. The number of aromatic nitrogens is 1. The molecule has 2 heterocycles. The van der Waals surface area contributed by atoms with Crippen molar-refractivity contribution in [3.63, 3.8) is 0 Å². The summed E-state index contributed by atoms with van der Waals surface area (Å²) in [6.07, 6.45) is 1.29. The van der Waals surface area contributed by atoms with Crippen LogP contribution in [0.1, 0.15) is 79.7 Å². The van der Waals surface area contributed by atoms with Gasteiger partial charge in [0.1, 0.15) is 12.0 Å². The van der Waals surface area contributed by atoms with Crippen LogP contribution in [-0.2, 0) is 14.4 Å². The van der Waals surface area contributed by atoms with E-state index in [4.69, 9.17) is 0 Å². The molecule has 39 heavy (non-hydrogen) atoms. The van der Waals surface area contributed by atoms with Crippen molar-refractivity contribution in [2.45, 2.75) is 75.3 Å². The molecule has 8 nitrogen and oxygen atoms in total. The van der Waals surface area contributed by atoms with Gasteiger partial charge >= 0.3 is 0 Å². The number of hydrogen-bond acceptors (Lipinski definition) is 4. The highest BCUT2D eigenvalue weighted by Gasteiger charge is 2.62. The topological polar surface area (TPSA) is 111 Å². The molecule has 3 amide bonds. The van der Waals surface area contributed by atoms with Gasteiger partial charge in [0.2, 0.25) is 12.3 Å². The maximum atomic E-state index is 12.2. The lowest BCUT2D eigenvalue weighted by Gasteiger charge is -2.24. The monoisotopic (exact) mass is 542 g/mol. The fourth-order valence-electron chi connectivity index (χ4n) is 4.46. The Morgan fingerprint density at radius 2 is 1.62 bits per heavy atom. The third kappa shape index (κ3) is 9.83. The van der Waals surface area contributed by atoms with E-state index >= 15 is 0 Å². The largest absolute Gasteiger partial charge is 0.351 e. The highest BCUT2D eigenvalue weighted by molar-refractivity contribution is 5.99. The number of hydrogen-bond donors (Lipinski definition) is 3. The van der Waals surface area contributed by atoms with Gasteiger partial charge in [-0.2, -0.15) is 0 Å². The Kier molecular flexibility index (Phi) is 12.9. The van der Waals surface area contributed by atoms with Gasteiger partial charge in [0.25, 0.3) is 5.91 Å². The van der Waals surface area contributed by atoms with Crippen molar-refractivity contribution in [1.29, 1.82) is 0 Å². The smallest absolute Gasteiger partial charge is 0.268 e. The first-order valence-electron chi connectivity index (χ1n) is 14.0. The SMILES string of the molecule is CC.CC(C)(C)C(C=O)NC=O.CC(C)C.CC1(C)C2CN(C(=O)CNC(=O)c3cc4ccccc4[nH]3)CC21. The lowest BCUT2D eigenvalue weighted by molar-refractivity contribution is -0.129. The van der Waals surface area contributed by atoms with Crippen LogP contribution in [0.25, 0.3) is 10.9 Å². The lowest BCUT2D eigenvalue weighted by Crippen LogP contribution is -2.41. The third-order valence-electron chi connectivity index (χ3n) is 6.97. The number of nitrogens with zero attached hydrogens (tertiary/aromatic N) is 1. The maximum Gasteiger partial charge on any atom is 0.268 e. The summed E-state index contributed by atoms with van der Waals surface area (Å²) in [6, 6.07) is 9.15. The number of amides is 3. The number of aldehydes is 1. The van der Waals surface area contributed by atoms with Crippen molar-refractivity contribution in [2.24, 2.45) is 28.6 Å². The number of rotatable bonds is 6. The van der Waals surface area contributed by atoms with E-state index in [0.717, 1.165) is 36.2 Å². The molecule has 1 saturated carbocycles. The summed E-state index contributed by atoms with van der Waals surface area (Å²) in [6.45, 7) is 22.4. The number of likely N-dealkylation sites (tertiary alicyclic amines) is 1. The minimum absolute atomic E-state index is 0.0115. The molecule has 1 aliphatic carbocycles. The summed E-state index contributed by atoms with van der Waals surface area (Å²) >= 11 is 0. The van der Waals surface area contributed by atoms with Gasteiger partial charge in [0.15, 0.2) is 0 Å². The van der Waals surface area contributed by atoms with Crippen LogP contribution in [-0.4, -0.2) is 60.1 Å². The predicted molar refractivity (Wildman–Crippen MR) is 158 cm³/mol. The van der Waals surface area contributed by atoms with Crippen LogP contribution in [0.3, 0.4) is 0 Å². The summed E-state index contributed by atoms with van der Waals surface area (Å²) in [7, 11) is 0. The van der Waals surface area contributed by atoms with Crippen molar-refractivity contribution in [2.75, 3.05) is 19.6 Å². The summed E-state index contributed by atoms with van der Waals surface area (Å²) < 4.78 is 0. The summed E-state index contributed by atoms with van der Waals surface area (Å²) in [5.41, 5.74) is 1.61. The fourth-order valence-corrected chi connectivity index (χ4v) is 4.46. The third-order valence-corrected chi connectivity index (χ3v) is 6.97. The molecule has 3 atom stereocenters. The van der Waals surface area contributed by atoms with Gasteiger partial charge in [-0.25, -0.2) is 0 Å². The predicted octanol–water partition coefficient (Wildman–Crippen LogP) is 5.05. The van der Waals surface area contributed by atoms with Crippen LogP contribution in [0.4, 0.5) is 0 Å². The number of carbonyl (C=O) groups excluding carboxylic acids is 4. The number of benzene rings is 1. The van der Waals surface area contributed by atoms with Crippen LogP contribution in [0, 0.1) is 28.6 Å². The molecule has 2 fully saturated rings. The molecular formula is C31H50N4O4. The molecule has 0 spiro atoms. The second kappa shape index (κ2) is 14.8. The Morgan fingerprint density at radius 3 is 2.05 bits per heavy atom. The van der Waals surface area contributed by atoms with Gasteiger partial charge in [-0.05, 0) is 40.7 Å². The molecular weight excluding hydrogens is 492 g/mol. The fraction of sp³-hybridized carbons (Fsp3) is 0.613. The number of nitrogens with one attached hydrogen (secondary N) is 3. The Bertz CT molecular complexity index is 1030. The summed E-state index contributed by atoms with van der Waals surface area (Å²) in [5.74, 6) is 1.88. The van der Waals surface area contributed by atoms with Gasteiger partial charge < -0.3 is 25.3 Å². The Morgan fingerprint density at radius 1 is 1.08 bits per heavy atom. The van der Waals surface area contributed by atoms with Gasteiger partial charge in [0, 0.05) is 24.0 Å². The zero-order chi connectivity index (χ0) is 30.0. The quantitative estimate of drug-likeness (QED) is 0.444. The molecule has 1 aliphatic heterocycles. The minimum Gasteiger partial charge on any atom is -0.351 e. The van der Waals surface area contributed by atoms with Gasteiger partial charge in [0.05, 0.1) is 12.6 Å². The molecule has 8 heteroatoms. The van der Waals surface area contributed by atoms with E-state index in [-0.39, 0.29) is 29.8 Å². The van der Waals surface area contributed by atoms with Crippen molar-refractivity contribution >= 4 is 35.4 Å². The van der Waals surface area contributed by atoms with Crippen molar-refractivity contribution in [1.82, 2.24) is 20.5 Å². The lowest BCUT2D eigenvalue weighted by atomic mass is 9.88. The molecule has 3 unspecified atom stereocenters. The zero-order valence-electron chi connectivity index (χ0n) is 25.6. The van der Waals surface area contributed by atoms with E-state index in [9.17, 15) is 19.2 Å². The molecule has 0 bridgehead atoms. The first kappa shape index (κ1) is 33.9. The second-order valence-electron chi connectivity index (χ2n) is 12.3. The average molecular weight is 543 g/mol. The van der Waals surface area contributed by atoms with Crippen LogP contribution in [0.5, 0.6) is 0 Å². The average Bonchev–Trinajstić information content (AvgIpc) is 3.30. The van der Waals surface area contributed by atoms with Crippen LogP contribution >= 0.6 is 0 Å². The van der Waals surface area contributed by atoms with E-state index < -0.39 is 0 Å². The standard InChI is InChI=1S/C18H21N3O2.C7H13NO2.C4H10.C2H6/c1-18(2)12-9-21(10-13(12)18)16(22)8-19-17(23)15-7-11-5-3-4-6-14(11)20-15;1-7(2,3)6(4-9)8-5-10;1-4(2)3;1-2/h3-7,12-13,20H,8-10H2,1-2H3,(H,19,23);4-6H,1-3H3,(H,8,10);4H,1-3H3;1-2H3. The second-order valence-corrected chi connectivity index (χ2v) is 12.3. The van der Waals surface area contributed by atoms with Crippen LogP contribution in [0.2, 0.25) is 0 Å². The highest BCUT2D eigenvalue weighted by Crippen LogP contribution is 2.61. The normalized spacial score (nSPS) is 19.1. The minimum atomic E-state index is -0.384. The van der Waals surface area contributed by atoms with E-state index in [1.807, 2.05) is 69.9 Å². The zero-order valence-corrected chi connectivity index (χ0v) is 25.6. The number of carbonyl (C=O) groups is 4. The maximum absolute atomic E-state index is 12.2. The first-order chi connectivity index (χ1) is 18.2. The van der Waals surface area contributed by atoms with Gasteiger partial charge in [-0.15, -0.1) is 0 Å². The molecule has 2 aliphatic rings. The Balaban J connectivity index is 0.000000399. The highest BCUT2D eigenvalue weighted by atomic mass is 16.2. The van der Waals surface area contributed by atoms with E-state index in [1.54, 1.807) is 0 Å². The van der Waals surface area contributed by atoms with E-state index in [0.29, 0.717) is 29.4 Å². The molecule has 1 aromatic carbocycles. The van der Waals surface area contributed by atoms with Crippen molar-refractivity contribution < 1.29 is 19.2 Å². The van der Waals surface area contributed by atoms with Crippen LogP contribution < -0.4 is 10.6 Å². The number of para-hydroxylation sites is 1. The molecule has 218 valence electrons. The summed E-state index contributed by atoms with van der Waals surface area (Å²) in [5, 5.41) is 6.14. The molecule has 1 aromatic heterocycles. The Labute approximate surface area is 234 Å². The van der Waals surface area contributed by atoms with E-state index in [1.165, 1.54) is 0 Å².